The van der Waals surface area contributed by atoms with Gasteiger partial charge in [-0.1, -0.05) is 18.6 Å². The molecule has 0 N–H and O–H groups in total. The molecule has 0 unspecified atom stereocenters. The summed E-state index contributed by atoms with van der Waals surface area (Å²) in [4.78, 5) is 14.0. The Morgan fingerprint density at radius 3 is 2.79 bits per heavy atom. The van der Waals surface area contributed by atoms with E-state index in [4.69, 9.17) is 10.00 Å². The SMILES string of the molecule is CN1CCCC[C@H]1C(=O)OCc1ccc(C#N)cc1. The van der Waals surface area contributed by atoms with Crippen molar-refractivity contribution in [3.8, 4) is 6.07 Å². The molecule has 1 fully saturated rings. The average Bonchev–Trinajstić information content (AvgIpc) is 2.46. The van der Waals surface area contributed by atoms with Gasteiger partial charge in [-0.3, -0.25) is 9.69 Å². The second-order valence-electron chi connectivity index (χ2n) is 4.91. The molecule has 0 spiro atoms. The number of hydrogen-bond acceptors (Lipinski definition) is 4. The standard InChI is InChI=1S/C15H18N2O2/c1-17-9-3-2-4-14(17)15(18)19-11-13-7-5-12(10-16)6-8-13/h5-8,14H,2-4,9,11H2,1H3/t14-/m0/s1. The lowest BCUT2D eigenvalue weighted by atomic mass is 10.0. The molecule has 1 heterocycles. The fourth-order valence-electron chi connectivity index (χ4n) is 2.30. The zero-order valence-corrected chi connectivity index (χ0v) is 11.1. The Labute approximate surface area is 113 Å². The fourth-order valence-corrected chi connectivity index (χ4v) is 2.30. The monoisotopic (exact) mass is 258 g/mol. The van der Waals surface area contributed by atoms with Crippen LogP contribution in [0.4, 0.5) is 0 Å². The summed E-state index contributed by atoms with van der Waals surface area (Å²) in [5.41, 5.74) is 1.52. The molecule has 4 heteroatoms. The van der Waals surface area contributed by atoms with Gasteiger partial charge in [0.15, 0.2) is 0 Å². The molecule has 19 heavy (non-hydrogen) atoms. The molecular formula is C15H18N2O2. The molecule has 1 saturated heterocycles. The van der Waals surface area contributed by atoms with E-state index in [0.717, 1.165) is 31.4 Å². The lowest BCUT2D eigenvalue weighted by Crippen LogP contribution is -2.42. The minimum absolute atomic E-state index is 0.105. The number of nitrogens with zero attached hydrogens (tertiary/aromatic N) is 2. The van der Waals surface area contributed by atoms with Crippen LogP contribution in [0.5, 0.6) is 0 Å². The molecule has 0 radical (unpaired) electrons. The van der Waals surface area contributed by atoms with Crippen LogP contribution in [0.3, 0.4) is 0 Å². The molecule has 1 aliphatic rings. The van der Waals surface area contributed by atoms with Crippen LogP contribution in [0.2, 0.25) is 0 Å². The lowest BCUT2D eigenvalue weighted by Gasteiger charge is -2.30. The van der Waals surface area contributed by atoms with E-state index in [2.05, 4.69) is 11.0 Å². The van der Waals surface area contributed by atoms with Gasteiger partial charge in [0.2, 0.25) is 0 Å². The van der Waals surface area contributed by atoms with Gasteiger partial charge in [0, 0.05) is 0 Å². The Morgan fingerprint density at radius 1 is 1.42 bits per heavy atom. The summed E-state index contributed by atoms with van der Waals surface area (Å²) >= 11 is 0. The summed E-state index contributed by atoms with van der Waals surface area (Å²) < 4.78 is 5.35. The van der Waals surface area contributed by atoms with E-state index in [-0.39, 0.29) is 18.6 Å². The largest absolute Gasteiger partial charge is 0.460 e. The van der Waals surface area contributed by atoms with Crippen molar-refractivity contribution in [3.63, 3.8) is 0 Å². The quantitative estimate of drug-likeness (QED) is 0.779. The minimum Gasteiger partial charge on any atom is -0.460 e. The number of hydrogen-bond donors (Lipinski definition) is 0. The molecule has 0 aromatic heterocycles. The van der Waals surface area contributed by atoms with E-state index in [1.165, 1.54) is 0 Å². The van der Waals surface area contributed by atoms with Gasteiger partial charge in [-0.25, -0.2) is 0 Å². The van der Waals surface area contributed by atoms with Crippen LogP contribution >= 0.6 is 0 Å². The minimum atomic E-state index is -0.147. The van der Waals surface area contributed by atoms with Crippen molar-refractivity contribution in [3.05, 3.63) is 35.4 Å². The Bertz CT molecular complexity index is 476. The van der Waals surface area contributed by atoms with Crippen molar-refractivity contribution in [1.29, 1.82) is 5.26 Å². The van der Waals surface area contributed by atoms with E-state index in [0.29, 0.717) is 5.56 Å². The number of esters is 1. The van der Waals surface area contributed by atoms with Gasteiger partial charge >= 0.3 is 5.97 Å². The number of carbonyl (C=O) groups is 1. The highest BCUT2D eigenvalue weighted by Crippen LogP contribution is 2.16. The summed E-state index contributed by atoms with van der Waals surface area (Å²) in [5, 5.41) is 8.71. The number of likely N-dealkylation sites (tertiary alicyclic amines) is 1. The van der Waals surface area contributed by atoms with Gasteiger partial charge in [0.05, 0.1) is 11.6 Å². The molecule has 1 aromatic rings. The molecule has 1 atom stereocenters. The number of rotatable bonds is 3. The molecule has 0 bridgehead atoms. The Hall–Kier alpha value is -1.86. The summed E-state index contributed by atoms with van der Waals surface area (Å²) in [6.07, 6.45) is 3.11. The second-order valence-corrected chi connectivity index (χ2v) is 4.91. The molecule has 0 saturated carbocycles. The first-order valence-corrected chi connectivity index (χ1v) is 6.56. The average molecular weight is 258 g/mol. The zero-order chi connectivity index (χ0) is 13.7. The molecule has 0 amide bonds. The number of ether oxygens (including phenoxy) is 1. The Kier molecular flexibility index (Phi) is 4.53. The maximum absolute atomic E-state index is 12.0. The van der Waals surface area contributed by atoms with Gasteiger partial charge in [-0.2, -0.15) is 5.26 Å². The normalized spacial score (nSPS) is 19.7. The van der Waals surface area contributed by atoms with E-state index in [1.807, 2.05) is 19.2 Å². The molecule has 2 rings (SSSR count). The summed E-state index contributed by atoms with van der Waals surface area (Å²) in [6.45, 7) is 1.23. The van der Waals surface area contributed by atoms with Crippen molar-refractivity contribution >= 4 is 5.97 Å². The van der Waals surface area contributed by atoms with Crippen molar-refractivity contribution in [1.82, 2.24) is 4.90 Å². The van der Waals surface area contributed by atoms with Crippen molar-refractivity contribution in [2.75, 3.05) is 13.6 Å². The van der Waals surface area contributed by atoms with E-state index < -0.39 is 0 Å². The molecular weight excluding hydrogens is 240 g/mol. The summed E-state index contributed by atoms with van der Waals surface area (Å²) in [6, 6.07) is 9.05. The number of piperidine rings is 1. The van der Waals surface area contributed by atoms with Crippen molar-refractivity contribution in [2.45, 2.75) is 31.9 Å². The van der Waals surface area contributed by atoms with Crippen LogP contribution in [0.25, 0.3) is 0 Å². The maximum atomic E-state index is 12.0. The summed E-state index contributed by atoms with van der Waals surface area (Å²) in [7, 11) is 1.97. The van der Waals surface area contributed by atoms with Crippen LogP contribution in [0.15, 0.2) is 24.3 Å². The third-order valence-corrected chi connectivity index (χ3v) is 3.51. The van der Waals surface area contributed by atoms with E-state index >= 15 is 0 Å². The first-order valence-electron chi connectivity index (χ1n) is 6.56. The Morgan fingerprint density at radius 2 is 2.16 bits per heavy atom. The lowest BCUT2D eigenvalue weighted by molar-refractivity contribution is -0.152. The third-order valence-electron chi connectivity index (χ3n) is 3.51. The first kappa shape index (κ1) is 13.6. The highest BCUT2D eigenvalue weighted by atomic mass is 16.5. The zero-order valence-electron chi connectivity index (χ0n) is 11.1. The van der Waals surface area contributed by atoms with Gasteiger partial charge in [0.1, 0.15) is 12.6 Å². The van der Waals surface area contributed by atoms with Gasteiger partial charge in [-0.05, 0) is 44.1 Å². The molecule has 0 aliphatic carbocycles. The predicted molar refractivity (Wildman–Crippen MR) is 71.2 cm³/mol. The molecule has 1 aliphatic heterocycles. The number of likely N-dealkylation sites (N-methyl/N-ethyl adjacent to an activating group) is 1. The van der Waals surface area contributed by atoms with Gasteiger partial charge in [-0.15, -0.1) is 0 Å². The fraction of sp³-hybridized carbons (Fsp3) is 0.467. The predicted octanol–water partition coefficient (Wildman–Crippen LogP) is 2.09. The number of carbonyl (C=O) groups excluding carboxylic acids is 1. The van der Waals surface area contributed by atoms with Crippen LogP contribution in [0.1, 0.15) is 30.4 Å². The van der Waals surface area contributed by atoms with Crippen molar-refractivity contribution < 1.29 is 9.53 Å². The maximum Gasteiger partial charge on any atom is 0.323 e. The topological polar surface area (TPSA) is 53.3 Å². The van der Waals surface area contributed by atoms with Crippen LogP contribution in [0, 0.1) is 11.3 Å². The summed E-state index contributed by atoms with van der Waals surface area (Å²) in [5.74, 6) is -0.147. The number of nitriles is 1. The molecule has 4 nitrogen and oxygen atoms in total. The van der Waals surface area contributed by atoms with Gasteiger partial charge in [0.25, 0.3) is 0 Å². The van der Waals surface area contributed by atoms with Gasteiger partial charge < -0.3 is 4.74 Å². The first-order chi connectivity index (χ1) is 9.20. The highest BCUT2D eigenvalue weighted by molar-refractivity contribution is 5.75. The van der Waals surface area contributed by atoms with Crippen molar-refractivity contribution in [2.24, 2.45) is 0 Å². The Balaban J connectivity index is 1.87. The van der Waals surface area contributed by atoms with E-state index in [1.54, 1.807) is 12.1 Å². The highest BCUT2D eigenvalue weighted by Gasteiger charge is 2.26. The molecule has 100 valence electrons. The molecule has 1 aromatic carbocycles. The third kappa shape index (κ3) is 3.55. The van der Waals surface area contributed by atoms with Crippen LogP contribution < -0.4 is 0 Å². The van der Waals surface area contributed by atoms with Crippen LogP contribution in [-0.2, 0) is 16.1 Å². The van der Waals surface area contributed by atoms with E-state index in [9.17, 15) is 4.79 Å². The number of benzene rings is 1. The van der Waals surface area contributed by atoms with Crippen LogP contribution in [-0.4, -0.2) is 30.5 Å². The second kappa shape index (κ2) is 6.35. The smallest absolute Gasteiger partial charge is 0.323 e.